The molecule has 1 aromatic heterocycles. The van der Waals surface area contributed by atoms with Gasteiger partial charge in [-0.25, -0.2) is 9.78 Å². The molecule has 1 aromatic rings. The summed E-state index contributed by atoms with van der Waals surface area (Å²) >= 11 is 32.2. The van der Waals surface area contributed by atoms with Gasteiger partial charge in [0.05, 0.1) is 10.0 Å². The van der Waals surface area contributed by atoms with E-state index in [0.29, 0.717) is 0 Å². The molecule has 0 saturated carbocycles. The minimum Gasteiger partial charge on any atom is -0.479 e. The number of thiol groups is 1. The first-order chi connectivity index (χ1) is 7.19. The molecule has 0 aliphatic heterocycles. The molecule has 0 spiro atoms. The minimum atomic E-state index is -2.13. The monoisotopic (exact) mass is 339 g/mol. The van der Waals surface area contributed by atoms with Gasteiger partial charge >= 0.3 is 5.97 Å². The molecule has 3 nitrogen and oxygen atoms in total. The molecule has 0 aliphatic rings. The number of alkyl halides is 1. The van der Waals surface area contributed by atoms with Crippen LogP contribution >= 0.6 is 70.6 Å². The smallest absolute Gasteiger partial charge is 0.339 e. The van der Waals surface area contributed by atoms with Crippen molar-refractivity contribution in [1.82, 2.24) is 4.98 Å². The zero-order valence-electron chi connectivity index (χ0n) is 7.14. The highest BCUT2D eigenvalue weighted by molar-refractivity contribution is 7.83. The average Bonchev–Trinajstić information content (AvgIpc) is 2.14. The Balaban J connectivity index is 3.62. The van der Waals surface area contributed by atoms with Crippen molar-refractivity contribution in [3.8, 4) is 0 Å². The lowest BCUT2D eigenvalue weighted by Gasteiger charge is -2.19. The van der Waals surface area contributed by atoms with Crippen molar-refractivity contribution in [3.63, 3.8) is 0 Å². The van der Waals surface area contributed by atoms with Gasteiger partial charge in [0.15, 0.2) is 0 Å². The number of aromatic nitrogens is 1. The maximum atomic E-state index is 10.9. The van der Waals surface area contributed by atoms with Gasteiger partial charge in [0.25, 0.3) is 0 Å². The molecule has 9 heteroatoms. The van der Waals surface area contributed by atoms with E-state index in [9.17, 15) is 4.79 Å². The van der Waals surface area contributed by atoms with E-state index in [1.807, 2.05) is 0 Å². The van der Waals surface area contributed by atoms with Crippen LogP contribution in [-0.2, 0) is 9.00 Å². The summed E-state index contributed by atoms with van der Waals surface area (Å²) in [6.45, 7) is 0. The lowest BCUT2D eigenvalue weighted by molar-refractivity contribution is -0.137. The van der Waals surface area contributed by atoms with Crippen LogP contribution in [-0.4, -0.2) is 16.1 Å². The highest BCUT2D eigenvalue weighted by atomic mass is 35.5. The molecule has 1 atom stereocenters. The standard InChI is InChI=1S/C7H2Cl5NO2S/c8-2-1(7(12,16)6(14)15)3(9)5(11)13-4(2)10/h16H,(H,14,15). The van der Waals surface area contributed by atoms with Crippen LogP contribution in [0.1, 0.15) is 5.56 Å². The van der Waals surface area contributed by atoms with Gasteiger partial charge in [-0.3, -0.25) is 0 Å². The molecule has 1 heterocycles. The Morgan fingerprint density at radius 1 is 1.19 bits per heavy atom. The second-order valence-electron chi connectivity index (χ2n) is 2.62. The Kier molecular flexibility index (Phi) is 4.49. The number of carbonyl (C=O) groups is 1. The lowest BCUT2D eigenvalue weighted by Crippen LogP contribution is -2.24. The maximum Gasteiger partial charge on any atom is 0.339 e. The first-order valence-electron chi connectivity index (χ1n) is 3.54. The van der Waals surface area contributed by atoms with Crippen LogP contribution in [0.2, 0.25) is 20.4 Å². The van der Waals surface area contributed by atoms with E-state index in [0.717, 1.165) is 0 Å². The third kappa shape index (κ3) is 2.47. The average molecular weight is 341 g/mol. The van der Waals surface area contributed by atoms with Gasteiger partial charge in [0.1, 0.15) is 10.3 Å². The van der Waals surface area contributed by atoms with Crippen LogP contribution in [0.15, 0.2) is 0 Å². The highest BCUT2D eigenvalue weighted by Crippen LogP contribution is 2.46. The van der Waals surface area contributed by atoms with Crippen LogP contribution < -0.4 is 0 Å². The van der Waals surface area contributed by atoms with E-state index in [4.69, 9.17) is 63.1 Å². The minimum absolute atomic E-state index is 0.202. The van der Waals surface area contributed by atoms with Crippen LogP contribution in [0.4, 0.5) is 0 Å². The molecule has 0 radical (unpaired) electrons. The zero-order valence-corrected chi connectivity index (χ0v) is 11.8. The van der Waals surface area contributed by atoms with Crippen LogP contribution in [0.5, 0.6) is 0 Å². The summed E-state index contributed by atoms with van der Waals surface area (Å²) < 4.78 is -2.13. The second-order valence-corrected chi connectivity index (χ2v) is 5.60. The molecule has 0 aliphatic carbocycles. The van der Waals surface area contributed by atoms with Crippen molar-refractivity contribution < 1.29 is 9.90 Å². The van der Waals surface area contributed by atoms with Gasteiger partial charge in [-0.1, -0.05) is 58.0 Å². The molecule has 16 heavy (non-hydrogen) atoms. The highest BCUT2D eigenvalue weighted by Gasteiger charge is 2.40. The zero-order chi connectivity index (χ0) is 12.7. The third-order valence-corrected chi connectivity index (χ3v) is 3.85. The van der Waals surface area contributed by atoms with Crippen molar-refractivity contribution in [3.05, 3.63) is 25.9 Å². The first-order valence-corrected chi connectivity index (χ1v) is 5.88. The first kappa shape index (κ1) is 14.5. The van der Waals surface area contributed by atoms with Gasteiger partial charge in [0, 0.05) is 5.56 Å². The predicted octanol–water partition coefficient (Wildman–Crippen LogP) is 4.10. The van der Waals surface area contributed by atoms with E-state index in [-0.39, 0.29) is 25.9 Å². The molecule has 1 N–H and O–H groups in total. The van der Waals surface area contributed by atoms with Gasteiger partial charge in [0.2, 0.25) is 4.21 Å². The number of hydrogen-bond acceptors (Lipinski definition) is 3. The summed E-state index contributed by atoms with van der Waals surface area (Å²) in [5.74, 6) is -1.46. The quantitative estimate of drug-likeness (QED) is 0.484. The van der Waals surface area contributed by atoms with E-state index >= 15 is 0 Å². The predicted molar refractivity (Wildman–Crippen MR) is 68.4 cm³/mol. The summed E-state index contributed by atoms with van der Waals surface area (Å²) in [7, 11) is 0. The largest absolute Gasteiger partial charge is 0.479 e. The van der Waals surface area contributed by atoms with E-state index in [1.54, 1.807) is 0 Å². The summed E-state index contributed by atoms with van der Waals surface area (Å²) in [5.41, 5.74) is -0.210. The van der Waals surface area contributed by atoms with Crippen molar-refractivity contribution in [1.29, 1.82) is 0 Å². The summed E-state index contributed by atoms with van der Waals surface area (Å²) in [6, 6.07) is 0. The Bertz CT molecular complexity index is 438. The lowest BCUT2D eigenvalue weighted by atomic mass is 10.2. The van der Waals surface area contributed by atoms with Gasteiger partial charge in [-0.05, 0) is 0 Å². The summed E-state index contributed by atoms with van der Waals surface area (Å²) in [6.07, 6.45) is 0. The number of aliphatic carboxylic acids is 1. The fourth-order valence-corrected chi connectivity index (χ4v) is 2.53. The molecule has 0 amide bonds. The van der Waals surface area contributed by atoms with Crippen molar-refractivity contribution in [2.75, 3.05) is 0 Å². The Hall–Kier alpha value is 0.420. The molecule has 88 valence electrons. The SMILES string of the molecule is O=C(O)C(S)(Cl)c1c(Cl)c(Cl)nc(Cl)c1Cl. The van der Waals surface area contributed by atoms with Crippen LogP contribution in [0.3, 0.4) is 0 Å². The number of carboxylic acid groups (broad SMARTS) is 1. The topological polar surface area (TPSA) is 50.2 Å². The van der Waals surface area contributed by atoms with E-state index in [2.05, 4.69) is 17.6 Å². The Morgan fingerprint density at radius 3 is 1.88 bits per heavy atom. The number of carboxylic acids is 1. The van der Waals surface area contributed by atoms with Crippen LogP contribution in [0.25, 0.3) is 0 Å². The van der Waals surface area contributed by atoms with Crippen LogP contribution in [0, 0.1) is 0 Å². The van der Waals surface area contributed by atoms with Gasteiger partial charge in [-0.2, -0.15) is 0 Å². The second kappa shape index (κ2) is 4.96. The Labute approximate surface area is 121 Å². The molecular weight excluding hydrogens is 339 g/mol. The summed E-state index contributed by atoms with van der Waals surface area (Å²) in [5, 5.41) is 8.08. The van der Waals surface area contributed by atoms with E-state index in [1.165, 1.54) is 0 Å². The number of halogens is 5. The fraction of sp³-hybridized carbons (Fsp3) is 0.143. The fourth-order valence-electron chi connectivity index (χ4n) is 0.885. The normalized spacial score (nSPS) is 14.6. The van der Waals surface area contributed by atoms with Gasteiger partial charge in [-0.15, -0.1) is 12.6 Å². The molecule has 1 rings (SSSR count). The third-order valence-electron chi connectivity index (χ3n) is 1.61. The van der Waals surface area contributed by atoms with E-state index < -0.39 is 10.2 Å². The number of pyridine rings is 1. The van der Waals surface area contributed by atoms with Crippen molar-refractivity contribution in [2.24, 2.45) is 0 Å². The Morgan fingerprint density at radius 2 is 1.56 bits per heavy atom. The molecule has 0 saturated heterocycles. The summed E-state index contributed by atoms with van der Waals surface area (Å²) in [4.78, 5) is 14.5. The molecule has 1 unspecified atom stereocenters. The maximum absolute atomic E-state index is 10.9. The van der Waals surface area contributed by atoms with Crippen molar-refractivity contribution in [2.45, 2.75) is 4.21 Å². The van der Waals surface area contributed by atoms with Gasteiger partial charge < -0.3 is 5.11 Å². The van der Waals surface area contributed by atoms with Crippen molar-refractivity contribution >= 4 is 76.6 Å². The molecule has 0 fully saturated rings. The molecular formula is C7H2Cl5NO2S. The number of rotatable bonds is 2. The number of hydrogen-bond donors (Lipinski definition) is 2. The molecule has 0 aromatic carbocycles. The molecule has 0 bridgehead atoms. The number of nitrogens with zero attached hydrogens (tertiary/aromatic N) is 1.